The maximum atomic E-state index is 12.5. The number of hydrogen-bond acceptors (Lipinski definition) is 3. The van der Waals surface area contributed by atoms with Gasteiger partial charge in [0, 0.05) is 17.1 Å². The minimum Gasteiger partial charge on any atom is -0.336 e. The van der Waals surface area contributed by atoms with Gasteiger partial charge < -0.3 is 4.90 Å². The van der Waals surface area contributed by atoms with Crippen LogP contribution in [0.1, 0.15) is 31.1 Å². The van der Waals surface area contributed by atoms with Gasteiger partial charge in [0.15, 0.2) is 0 Å². The quantitative estimate of drug-likeness (QED) is 0.868. The minimum absolute atomic E-state index is 0.0273. The highest BCUT2D eigenvalue weighted by atomic mass is 79.9. The van der Waals surface area contributed by atoms with E-state index in [0.29, 0.717) is 11.0 Å². The van der Waals surface area contributed by atoms with Crippen molar-refractivity contribution in [2.45, 2.75) is 31.7 Å². The Hall–Kier alpha value is -0.630. The van der Waals surface area contributed by atoms with Gasteiger partial charge in [0.2, 0.25) is 10.0 Å². The zero-order chi connectivity index (χ0) is 15.7. The molecule has 0 saturated heterocycles. The summed E-state index contributed by atoms with van der Waals surface area (Å²) in [7, 11) is -4.00. The van der Waals surface area contributed by atoms with E-state index in [1.54, 1.807) is 4.90 Å². The van der Waals surface area contributed by atoms with Crippen molar-refractivity contribution in [2.24, 2.45) is 5.14 Å². The fourth-order valence-electron chi connectivity index (χ4n) is 1.82. The van der Waals surface area contributed by atoms with Crippen LogP contribution in [0.2, 0.25) is 5.02 Å². The van der Waals surface area contributed by atoms with Crippen LogP contribution in [0, 0.1) is 0 Å². The lowest BCUT2D eigenvalue weighted by atomic mass is 10.1. The number of primary sulfonamides is 1. The van der Waals surface area contributed by atoms with Gasteiger partial charge in [0.25, 0.3) is 5.91 Å². The van der Waals surface area contributed by atoms with Gasteiger partial charge in [0.05, 0.1) is 10.6 Å². The van der Waals surface area contributed by atoms with Crippen LogP contribution >= 0.6 is 27.5 Å². The van der Waals surface area contributed by atoms with Gasteiger partial charge >= 0.3 is 0 Å². The molecule has 2 N–H and O–H groups in total. The van der Waals surface area contributed by atoms with E-state index < -0.39 is 10.0 Å². The van der Waals surface area contributed by atoms with Crippen molar-refractivity contribution < 1.29 is 13.2 Å². The Morgan fingerprint density at radius 2 is 2.00 bits per heavy atom. The van der Waals surface area contributed by atoms with Gasteiger partial charge in [-0.3, -0.25) is 4.79 Å². The Labute approximate surface area is 132 Å². The second-order valence-corrected chi connectivity index (χ2v) is 7.32. The Bertz CT molecular complexity index is 632. The molecule has 112 valence electrons. The molecule has 0 atom stereocenters. The van der Waals surface area contributed by atoms with Gasteiger partial charge in [-0.25, -0.2) is 13.6 Å². The Balaban J connectivity index is 3.47. The highest BCUT2D eigenvalue weighted by Crippen LogP contribution is 2.30. The zero-order valence-corrected chi connectivity index (χ0v) is 14.5. The lowest BCUT2D eigenvalue weighted by Crippen LogP contribution is -2.37. The van der Waals surface area contributed by atoms with Crippen molar-refractivity contribution in [3.05, 3.63) is 27.2 Å². The molecule has 0 unspecified atom stereocenters. The molecule has 0 heterocycles. The van der Waals surface area contributed by atoms with E-state index in [1.807, 2.05) is 20.8 Å². The van der Waals surface area contributed by atoms with Crippen LogP contribution in [0.25, 0.3) is 0 Å². The lowest BCUT2D eigenvalue weighted by Gasteiger charge is -2.26. The molecule has 0 aliphatic heterocycles. The van der Waals surface area contributed by atoms with E-state index in [4.69, 9.17) is 16.7 Å². The predicted octanol–water partition coefficient (Wildman–Crippen LogP) is 2.62. The first-order valence-corrected chi connectivity index (χ1v) is 8.64. The third-order valence-electron chi connectivity index (χ3n) is 2.77. The van der Waals surface area contributed by atoms with Crippen LogP contribution in [0.3, 0.4) is 0 Å². The van der Waals surface area contributed by atoms with Crippen LogP contribution in [-0.2, 0) is 10.0 Å². The lowest BCUT2D eigenvalue weighted by molar-refractivity contribution is 0.0717. The molecule has 0 aliphatic carbocycles. The summed E-state index contributed by atoms with van der Waals surface area (Å²) in [5.41, 5.74) is 0.112. The fraction of sp³-hybridized carbons (Fsp3) is 0.417. The van der Waals surface area contributed by atoms with Gasteiger partial charge in [-0.15, -0.1) is 0 Å². The van der Waals surface area contributed by atoms with E-state index in [0.717, 1.165) is 0 Å². The summed E-state index contributed by atoms with van der Waals surface area (Å²) in [6, 6.07) is 2.74. The fourth-order valence-corrected chi connectivity index (χ4v) is 3.60. The molecule has 20 heavy (non-hydrogen) atoms. The molecule has 0 aliphatic rings. The average molecular weight is 384 g/mol. The SMILES string of the molecule is CCN(C(=O)c1cc(Br)cc(S(N)(=O)=O)c1Cl)C(C)C. The summed E-state index contributed by atoms with van der Waals surface area (Å²) >= 11 is 9.21. The second kappa shape index (κ2) is 6.43. The number of rotatable bonds is 4. The summed E-state index contributed by atoms with van der Waals surface area (Å²) in [5, 5.41) is 4.95. The number of benzene rings is 1. The molecule has 0 radical (unpaired) electrons. The third-order valence-corrected chi connectivity index (χ3v) is 4.68. The van der Waals surface area contributed by atoms with E-state index in [2.05, 4.69) is 15.9 Å². The van der Waals surface area contributed by atoms with Crippen molar-refractivity contribution in [3.63, 3.8) is 0 Å². The summed E-state index contributed by atoms with van der Waals surface area (Å²) in [6.07, 6.45) is 0. The number of hydrogen-bond donors (Lipinski definition) is 1. The first-order valence-electron chi connectivity index (χ1n) is 5.92. The highest BCUT2D eigenvalue weighted by Gasteiger charge is 2.25. The van der Waals surface area contributed by atoms with Gasteiger partial charge in [0.1, 0.15) is 4.90 Å². The molecule has 0 saturated carbocycles. The highest BCUT2D eigenvalue weighted by molar-refractivity contribution is 9.10. The van der Waals surface area contributed by atoms with Crippen LogP contribution in [0.4, 0.5) is 0 Å². The van der Waals surface area contributed by atoms with E-state index in [1.165, 1.54) is 12.1 Å². The number of amides is 1. The zero-order valence-electron chi connectivity index (χ0n) is 11.4. The van der Waals surface area contributed by atoms with Crippen LogP contribution in [0.5, 0.6) is 0 Å². The number of halogens is 2. The van der Waals surface area contributed by atoms with Crippen LogP contribution < -0.4 is 5.14 Å². The van der Waals surface area contributed by atoms with Crippen molar-refractivity contribution in [1.82, 2.24) is 4.90 Å². The summed E-state index contributed by atoms with van der Waals surface area (Å²) in [6.45, 7) is 6.07. The summed E-state index contributed by atoms with van der Waals surface area (Å²) in [5.74, 6) is -0.335. The first-order chi connectivity index (χ1) is 9.09. The maximum Gasteiger partial charge on any atom is 0.255 e. The molecule has 1 amide bonds. The molecule has 0 fully saturated rings. The Kier molecular flexibility index (Phi) is 5.60. The van der Waals surface area contributed by atoms with Gasteiger partial charge in [-0.2, -0.15) is 0 Å². The van der Waals surface area contributed by atoms with Crippen LogP contribution in [-0.4, -0.2) is 31.8 Å². The number of carbonyl (C=O) groups is 1. The van der Waals surface area contributed by atoms with Crippen LogP contribution in [0.15, 0.2) is 21.5 Å². The molecule has 0 bridgehead atoms. The molecule has 8 heteroatoms. The van der Waals surface area contributed by atoms with E-state index >= 15 is 0 Å². The molecular formula is C12H16BrClN2O3S. The molecule has 1 aromatic carbocycles. The number of nitrogens with zero attached hydrogens (tertiary/aromatic N) is 1. The number of carbonyl (C=O) groups excluding carboxylic acids is 1. The predicted molar refractivity (Wildman–Crippen MR) is 82.4 cm³/mol. The normalized spacial score (nSPS) is 11.8. The summed E-state index contributed by atoms with van der Waals surface area (Å²) < 4.78 is 23.4. The van der Waals surface area contributed by atoms with Crippen molar-refractivity contribution >= 4 is 43.5 Å². The van der Waals surface area contributed by atoms with E-state index in [9.17, 15) is 13.2 Å². The largest absolute Gasteiger partial charge is 0.336 e. The number of nitrogens with two attached hydrogens (primary N) is 1. The average Bonchev–Trinajstić information content (AvgIpc) is 2.30. The minimum atomic E-state index is -4.00. The van der Waals surface area contributed by atoms with Crippen molar-refractivity contribution in [3.8, 4) is 0 Å². The van der Waals surface area contributed by atoms with Gasteiger partial charge in [-0.1, -0.05) is 27.5 Å². The Morgan fingerprint density at radius 3 is 2.40 bits per heavy atom. The standard InChI is InChI=1S/C12H16BrClN2O3S/c1-4-16(7(2)3)12(17)9-5-8(13)6-10(11(9)14)20(15,18)19/h5-7H,4H2,1-3H3,(H2,15,18,19). The van der Waals surface area contributed by atoms with Crippen molar-refractivity contribution in [1.29, 1.82) is 0 Å². The number of sulfonamides is 1. The molecule has 1 aromatic rings. The summed E-state index contributed by atoms with van der Waals surface area (Å²) in [4.78, 5) is 13.8. The van der Waals surface area contributed by atoms with Gasteiger partial charge in [-0.05, 0) is 32.9 Å². The monoisotopic (exact) mass is 382 g/mol. The molecule has 5 nitrogen and oxygen atoms in total. The first kappa shape index (κ1) is 17.4. The molecule has 0 spiro atoms. The third kappa shape index (κ3) is 3.72. The maximum absolute atomic E-state index is 12.5. The molecule has 0 aromatic heterocycles. The van der Waals surface area contributed by atoms with E-state index in [-0.39, 0.29) is 27.4 Å². The second-order valence-electron chi connectivity index (χ2n) is 4.50. The molecule has 1 rings (SSSR count). The molecular weight excluding hydrogens is 368 g/mol. The smallest absolute Gasteiger partial charge is 0.255 e. The Morgan fingerprint density at radius 1 is 1.45 bits per heavy atom. The topological polar surface area (TPSA) is 80.5 Å². The van der Waals surface area contributed by atoms with Crippen molar-refractivity contribution in [2.75, 3.05) is 6.54 Å².